The Morgan fingerprint density at radius 2 is 2.29 bits per heavy atom. The molecule has 1 aliphatic rings. The molecule has 0 amide bonds. The van der Waals surface area contributed by atoms with Crippen molar-refractivity contribution in [1.29, 1.82) is 0 Å². The van der Waals surface area contributed by atoms with Gasteiger partial charge in [0, 0.05) is 12.7 Å². The molecule has 3 nitrogen and oxygen atoms in total. The summed E-state index contributed by atoms with van der Waals surface area (Å²) in [4.78, 5) is 4.33. The number of nitrogens with zero attached hydrogens (tertiary/aromatic N) is 1. The molecule has 3 N–H and O–H groups in total. The largest absolute Gasteiger partial charge is 0.363 e. The van der Waals surface area contributed by atoms with E-state index in [4.69, 9.17) is 5.73 Å². The molecule has 0 bridgehead atoms. The van der Waals surface area contributed by atoms with E-state index in [-0.39, 0.29) is 5.54 Å². The van der Waals surface area contributed by atoms with Gasteiger partial charge in [-0.05, 0) is 37.8 Å². The number of anilines is 1. The lowest BCUT2D eigenvalue weighted by molar-refractivity contribution is 0.286. The van der Waals surface area contributed by atoms with Crippen molar-refractivity contribution in [2.24, 2.45) is 5.73 Å². The first-order valence-corrected chi connectivity index (χ1v) is 5.15. The normalized spacial score (nSPS) is 18.7. The van der Waals surface area contributed by atoms with E-state index >= 15 is 0 Å². The summed E-state index contributed by atoms with van der Waals surface area (Å²) in [7, 11) is 0. The molecule has 2 rings (SSSR count). The maximum atomic E-state index is 5.76. The third-order valence-corrected chi connectivity index (χ3v) is 3.01. The highest BCUT2D eigenvalue weighted by Crippen LogP contribution is 2.33. The third-order valence-electron chi connectivity index (χ3n) is 3.01. The van der Waals surface area contributed by atoms with Gasteiger partial charge in [0.15, 0.2) is 0 Å². The van der Waals surface area contributed by atoms with Gasteiger partial charge < -0.3 is 11.1 Å². The van der Waals surface area contributed by atoms with Crippen LogP contribution in [0.15, 0.2) is 18.3 Å². The third kappa shape index (κ3) is 1.73. The van der Waals surface area contributed by atoms with Crippen molar-refractivity contribution in [2.75, 3.05) is 11.9 Å². The van der Waals surface area contributed by atoms with Gasteiger partial charge in [-0.2, -0.15) is 0 Å². The van der Waals surface area contributed by atoms with Crippen molar-refractivity contribution in [3.63, 3.8) is 0 Å². The molecular formula is C11H17N3. The summed E-state index contributed by atoms with van der Waals surface area (Å²) in [5.41, 5.74) is 7.07. The molecule has 1 aromatic heterocycles. The van der Waals surface area contributed by atoms with Crippen LogP contribution in [0.3, 0.4) is 0 Å². The number of nitrogens with one attached hydrogen (secondary N) is 1. The van der Waals surface area contributed by atoms with Crippen molar-refractivity contribution in [3.8, 4) is 0 Å². The van der Waals surface area contributed by atoms with E-state index in [1.165, 1.54) is 24.8 Å². The lowest BCUT2D eigenvalue weighted by Gasteiger charge is -2.42. The summed E-state index contributed by atoms with van der Waals surface area (Å²) >= 11 is 0. The van der Waals surface area contributed by atoms with Gasteiger partial charge >= 0.3 is 0 Å². The second-order valence-corrected chi connectivity index (χ2v) is 4.18. The number of pyridine rings is 1. The molecule has 0 aromatic carbocycles. The smallest absolute Gasteiger partial charge is 0.126 e. The zero-order valence-electron chi connectivity index (χ0n) is 8.59. The quantitative estimate of drug-likeness (QED) is 0.764. The molecule has 0 saturated heterocycles. The highest BCUT2D eigenvalue weighted by molar-refractivity contribution is 5.39. The fourth-order valence-electron chi connectivity index (χ4n) is 1.80. The molecule has 14 heavy (non-hydrogen) atoms. The predicted molar refractivity (Wildman–Crippen MR) is 58.2 cm³/mol. The topological polar surface area (TPSA) is 50.9 Å². The molecule has 76 valence electrons. The molecule has 3 heteroatoms. The number of nitrogens with two attached hydrogens (primary N) is 1. The van der Waals surface area contributed by atoms with Gasteiger partial charge in [-0.25, -0.2) is 4.98 Å². The van der Waals surface area contributed by atoms with Crippen LogP contribution in [0.4, 0.5) is 5.82 Å². The zero-order chi connectivity index (χ0) is 10.0. The molecule has 0 aliphatic heterocycles. The number of aryl methyl sites for hydroxylation is 1. The highest BCUT2D eigenvalue weighted by Gasteiger charge is 2.35. The minimum Gasteiger partial charge on any atom is -0.363 e. The monoisotopic (exact) mass is 191 g/mol. The van der Waals surface area contributed by atoms with E-state index in [0.29, 0.717) is 6.54 Å². The van der Waals surface area contributed by atoms with Gasteiger partial charge in [-0.3, -0.25) is 0 Å². The van der Waals surface area contributed by atoms with E-state index in [2.05, 4.69) is 16.4 Å². The van der Waals surface area contributed by atoms with Gasteiger partial charge in [0.25, 0.3) is 0 Å². The summed E-state index contributed by atoms with van der Waals surface area (Å²) < 4.78 is 0. The molecule has 1 aromatic rings. The van der Waals surface area contributed by atoms with Crippen molar-refractivity contribution < 1.29 is 0 Å². The van der Waals surface area contributed by atoms with Gasteiger partial charge in [0.1, 0.15) is 5.82 Å². The van der Waals surface area contributed by atoms with Crippen molar-refractivity contribution in [1.82, 2.24) is 4.98 Å². The van der Waals surface area contributed by atoms with Gasteiger partial charge in [-0.1, -0.05) is 6.07 Å². The minimum atomic E-state index is 0.127. The maximum Gasteiger partial charge on any atom is 0.126 e. The first kappa shape index (κ1) is 9.46. The SMILES string of the molecule is Cc1ccc(NC2(CN)CCC2)nc1. The first-order valence-electron chi connectivity index (χ1n) is 5.15. The van der Waals surface area contributed by atoms with Gasteiger partial charge in [0.2, 0.25) is 0 Å². The number of aromatic nitrogens is 1. The van der Waals surface area contributed by atoms with Crippen LogP contribution in [0.25, 0.3) is 0 Å². The molecule has 1 aliphatic carbocycles. The van der Waals surface area contributed by atoms with E-state index in [9.17, 15) is 0 Å². The van der Waals surface area contributed by atoms with Crippen LogP contribution in [0.5, 0.6) is 0 Å². The Hall–Kier alpha value is -1.09. The van der Waals surface area contributed by atoms with Gasteiger partial charge in [0.05, 0.1) is 5.54 Å². The summed E-state index contributed by atoms with van der Waals surface area (Å²) in [6.07, 6.45) is 5.49. The summed E-state index contributed by atoms with van der Waals surface area (Å²) in [5, 5.41) is 3.43. The summed E-state index contributed by atoms with van der Waals surface area (Å²) in [6, 6.07) is 4.09. The molecule has 0 atom stereocenters. The standard InChI is InChI=1S/C11H17N3/c1-9-3-4-10(13-7-9)14-11(8-12)5-2-6-11/h3-4,7H,2,5-6,8,12H2,1H3,(H,13,14). The Balaban J connectivity index is 2.06. The first-order chi connectivity index (χ1) is 6.74. The highest BCUT2D eigenvalue weighted by atomic mass is 15.1. The minimum absolute atomic E-state index is 0.127. The summed E-state index contributed by atoms with van der Waals surface area (Å²) in [5.74, 6) is 0.945. The molecule has 1 heterocycles. The van der Waals surface area contributed by atoms with Crippen LogP contribution in [0.1, 0.15) is 24.8 Å². The Labute approximate surface area is 84.7 Å². The van der Waals surface area contributed by atoms with Crippen molar-refractivity contribution in [3.05, 3.63) is 23.9 Å². The van der Waals surface area contributed by atoms with Gasteiger partial charge in [-0.15, -0.1) is 0 Å². The molecular weight excluding hydrogens is 174 g/mol. The predicted octanol–water partition coefficient (Wildman–Crippen LogP) is 1.68. The van der Waals surface area contributed by atoms with Crippen LogP contribution in [0.2, 0.25) is 0 Å². The van der Waals surface area contributed by atoms with Crippen LogP contribution < -0.4 is 11.1 Å². The lowest BCUT2D eigenvalue weighted by atomic mass is 9.77. The average molecular weight is 191 g/mol. The molecule has 1 fully saturated rings. The number of rotatable bonds is 3. The fourth-order valence-corrected chi connectivity index (χ4v) is 1.80. The summed E-state index contributed by atoms with van der Waals surface area (Å²) in [6.45, 7) is 2.74. The maximum absolute atomic E-state index is 5.76. The Morgan fingerprint density at radius 3 is 2.71 bits per heavy atom. The molecule has 1 saturated carbocycles. The Kier molecular flexibility index (Phi) is 2.42. The lowest BCUT2D eigenvalue weighted by Crippen LogP contribution is -2.51. The van der Waals surface area contributed by atoms with Crippen LogP contribution in [-0.4, -0.2) is 17.1 Å². The second kappa shape index (κ2) is 3.58. The zero-order valence-corrected chi connectivity index (χ0v) is 8.59. The molecule has 0 spiro atoms. The molecule has 0 radical (unpaired) electrons. The van der Waals surface area contributed by atoms with Crippen molar-refractivity contribution in [2.45, 2.75) is 31.7 Å². The number of hydrogen-bond donors (Lipinski definition) is 2. The van der Waals surface area contributed by atoms with Crippen molar-refractivity contribution >= 4 is 5.82 Å². The Morgan fingerprint density at radius 1 is 1.50 bits per heavy atom. The fraction of sp³-hybridized carbons (Fsp3) is 0.545. The van der Waals surface area contributed by atoms with Crippen LogP contribution in [-0.2, 0) is 0 Å². The van der Waals surface area contributed by atoms with E-state index in [1.807, 2.05) is 19.2 Å². The Bertz CT molecular complexity index is 295. The molecule has 0 unspecified atom stereocenters. The second-order valence-electron chi connectivity index (χ2n) is 4.18. The van der Waals surface area contributed by atoms with E-state index < -0.39 is 0 Å². The number of hydrogen-bond acceptors (Lipinski definition) is 3. The average Bonchev–Trinajstić information content (AvgIpc) is 2.15. The van der Waals surface area contributed by atoms with E-state index in [1.54, 1.807) is 0 Å². The van der Waals surface area contributed by atoms with Crippen LogP contribution in [0, 0.1) is 6.92 Å². The van der Waals surface area contributed by atoms with E-state index in [0.717, 1.165) is 5.82 Å². The van der Waals surface area contributed by atoms with Crippen LogP contribution >= 0.6 is 0 Å².